The third-order valence-electron chi connectivity index (χ3n) is 3.81. The smallest absolute Gasteiger partial charge is 0.241 e. The van der Waals surface area contributed by atoms with Crippen molar-refractivity contribution in [1.29, 1.82) is 0 Å². The van der Waals surface area contributed by atoms with E-state index in [0.29, 0.717) is 28.0 Å². The predicted octanol–water partition coefficient (Wildman–Crippen LogP) is 4.46. The van der Waals surface area contributed by atoms with Crippen molar-refractivity contribution in [3.8, 4) is 5.75 Å². The van der Waals surface area contributed by atoms with Gasteiger partial charge in [0.05, 0.1) is 18.8 Å². The maximum Gasteiger partial charge on any atom is 0.241 e. The highest BCUT2D eigenvalue weighted by Crippen LogP contribution is 2.28. The molecule has 0 aliphatic heterocycles. The zero-order valence-corrected chi connectivity index (χ0v) is 15.4. The molecule has 0 heterocycles. The van der Waals surface area contributed by atoms with E-state index in [1.807, 2.05) is 43.1 Å². The van der Waals surface area contributed by atoms with Gasteiger partial charge in [-0.15, -0.1) is 0 Å². The molecular formula is C18H20Cl2N2O2. The second-order valence-corrected chi connectivity index (χ2v) is 6.42. The summed E-state index contributed by atoms with van der Waals surface area (Å²) in [4.78, 5) is 14.5. The van der Waals surface area contributed by atoms with E-state index in [0.717, 1.165) is 5.56 Å². The first kappa shape index (κ1) is 18.6. The van der Waals surface area contributed by atoms with Crippen LogP contribution in [0.25, 0.3) is 0 Å². The van der Waals surface area contributed by atoms with Crippen LogP contribution in [0.4, 0.5) is 5.69 Å². The van der Waals surface area contributed by atoms with Gasteiger partial charge in [0.25, 0.3) is 0 Å². The van der Waals surface area contributed by atoms with E-state index in [9.17, 15) is 4.79 Å². The summed E-state index contributed by atoms with van der Waals surface area (Å²) in [5.74, 6) is 0.437. The van der Waals surface area contributed by atoms with Gasteiger partial charge in [0.1, 0.15) is 5.75 Å². The molecule has 0 saturated carbocycles. The molecule has 128 valence electrons. The van der Waals surface area contributed by atoms with Gasteiger partial charge in [-0.1, -0.05) is 35.3 Å². The van der Waals surface area contributed by atoms with Gasteiger partial charge in [0, 0.05) is 16.6 Å². The first-order valence-electron chi connectivity index (χ1n) is 7.50. The first-order chi connectivity index (χ1) is 11.4. The van der Waals surface area contributed by atoms with Crippen molar-refractivity contribution in [2.75, 3.05) is 19.5 Å². The number of carbonyl (C=O) groups is 1. The Kier molecular flexibility index (Phi) is 6.49. The zero-order valence-electron chi connectivity index (χ0n) is 13.8. The summed E-state index contributed by atoms with van der Waals surface area (Å²) in [6.07, 6.45) is 0. The van der Waals surface area contributed by atoms with Crippen LogP contribution in [0.1, 0.15) is 12.5 Å². The van der Waals surface area contributed by atoms with Crippen LogP contribution in [0.3, 0.4) is 0 Å². The van der Waals surface area contributed by atoms with E-state index >= 15 is 0 Å². The minimum atomic E-state index is -0.329. The Labute approximate surface area is 152 Å². The Balaban J connectivity index is 2.03. The van der Waals surface area contributed by atoms with Crippen molar-refractivity contribution in [3.05, 3.63) is 58.1 Å². The molecule has 0 aliphatic rings. The molecule has 1 atom stereocenters. The normalized spacial score (nSPS) is 12.1. The Morgan fingerprint density at radius 3 is 2.42 bits per heavy atom. The molecule has 0 saturated heterocycles. The summed E-state index contributed by atoms with van der Waals surface area (Å²) in [7, 11) is 3.45. The third-order valence-corrected chi connectivity index (χ3v) is 4.29. The summed E-state index contributed by atoms with van der Waals surface area (Å²) >= 11 is 11.9. The molecule has 0 radical (unpaired) electrons. The number of halogens is 2. The Hall–Kier alpha value is -1.75. The number of hydrogen-bond acceptors (Lipinski definition) is 3. The lowest BCUT2D eigenvalue weighted by Crippen LogP contribution is -2.39. The summed E-state index contributed by atoms with van der Waals surface area (Å²) in [5, 5.41) is 4.10. The number of nitrogens with one attached hydrogen (secondary N) is 1. The van der Waals surface area contributed by atoms with Crippen LogP contribution in [0, 0.1) is 0 Å². The highest BCUT2D eigenvalue weighted by atomic mass is 35.5. The molecule has 0 unspecified atom stereocenters. The van der Waals surface area contributed by atoms with Crippen molar-refractivity contribution in [3.63, 3.8) is 0 Å². The molecule has 2 rings (SSSR count). The standard InChI is InChI=1S/C18H20Cl2N2O2/c1-12(22(2)11-13-4-6-14(19)7-5-13)18(23)21-16-10-15(20)8-9-17(16)24-3/h4-10,12H,11H2,1-3H3,(H,21,23)/t12-/m1/s1. The third kappa shape index (κ3) is 4.87. The van der Waals surface area contributed by atoms with Crippen molar-refractivity contribution in [2.24, 2.45) is 0 Å². The quantitative estimate of drug-likeness (QED) is 0.820. The summed E-state index contributed by atoms with van der Waals surface area (Å²) in [6, 6.07) is 12.4. The number of hydrogen-bond donors (Lipinski definition) is 1. The average Bonchev–Trinajstić information content (AvgIpc) is 2.56. The van der Waals surface area contributed by atoms with Crippen molar-refractivity contribution < 1.29 is 9.53 Å². The first-order valence-corrected chi connectivity index (χ1v) is 8.25. The highest BCUT2D eigenvalue weighted by molar-refractivity contribution is 6.31. The predicted molar refractivity (Wildman–Crippen MR) is 99.0 cm³/mol. The fourth-order valence-electron chi connectivity index (χ4n) is 2.23. The lowest BCUT2D eigenvalue weighted by atomic mass is 10.2. The van der Waals surface area contributed by atoms with Crippen LogP contribution < -0.4 is 10.1 Å². The van der Waals surface area contributed by atoms with Crippen LogP contribution in [0.5, 0.6) is 5.75 Å². The number of amides is 1. The molecule has 0 bridgehead atoms. The number of methoxy groups -OCH3 is 1. The number of ether oxygens (including phenoxy) is 1. The van der Waals surface area contributed by atoms with Gasteiger partial charge >= 0.3 is 0 Å². The largest absolute Gasteiger partial charge is 0.495 e. The lowest BCUT2D eigenvalue weighted by Gasteiger charge is -2.24. The molecule has 0 spiro atoms. The average molecular weight is 367 g/mol. The summed E-state index contributed by atoms with van der Waals surface area (Å²) < 4.78 is 5.25. The molecule has 0 fully saturated rings. The number of carbonyl (C=O) groups excluding carboxylic acids is 1. The molecule has 4 nitrogen and oxygen atoms in total. The highest BCUT2D eigenvalue weighted by Gasteiger charge is 2.19. The van der Waals surface area contributed by atoms with Crippen LogP contribution in [0.2, 0.25) is 10.0 Å². The molecule has 2 aromatic rings. The Bertz CT molecular complexity index is 705. The minimum Gasteiger partial charge on any atom is -0.495 e. The van der Waals surface area contributed by atoms with Gasteiger partial charge in [-0.25, -0.2) is 0 Å². The molecule has 1 amide bonds. The molecule has 2 aromatic carbocycles. The Morgan fingerprint density at radius 2 is 1.79 bits per heavy atom. The van der Waals surface area contributed by atoms with Crippen LogP contribution >= 0.6 is 23.2 Å². The van der Waals surface area contributed by atoms with Gasteiger partial charge in [-0.2, -0.15) is 0 Å². The van der Waals surface area contributed by atoms with E-state index in [-0.39, 0.29) is 11.9 Å². The Morgan fingerprint density at radius 1 is 1.17 bits per heavy atom. The molecule has 6 heteroatoms. The van der Waals surface area contributed by atoms with Crippen molar-refractivity contribution in [2.45, 2.75) is 19.5 Å². The van der Waals surface area contributed by atoms with Crippen molar-refractivity contribution >= 4 is 34.8 Å². The SMILES string of the molecule is COc1ccc(Cl)cc1NC(=O)[C@@H](C)N(C)Cc1ccc(Cl)cc1. The van der Waals surface area contributed by atoms with E-state index in [1.54, 1.807) is 25.3 Å². The van der Waals surface area contributed by atoms with Gasteiger partial charge < -0.3 is 10.1 Å². The minimum absolute atomic E-state index is 0.132. The number of rotatable bonds is 6. The van der Waals surface area contributed by atoms with E-state index in [2.05, 4.69) is 5.32 Å². The zero-order chi connectivity index (χ0) is 17.7. The summed E-state index contributed by atoms with van der Waals surface area (Å²) in [6.45, 7) is 2.49. The number of nitrogens with zero attached hydrogens (tertiary/aromatic N) is 1. The lowest BCUT2D eigenvalue weighted by molar-refractivity contribution is -0.120. The number of benzene rings is 2. The number of anilines is 1. The second kappa shape index (κ2) is 8.38. The number of likely N-dealkylation sites (N-methyl/N-ethyl adjacent to an activating group) is 1. The van der Waals surface area contributed by atoms with E-state index < -0.39 is 0 Å². The maximum atomic E-state index is 12.5. The topological polar surface area (TPSA) is 41.6 Å². The van der Waals surface area contributed by atoms with Gasteiger partial charge in [-0.05, 0) is 49.9 Å². The van der Waals surface area contributed by atoms with Gasteiger partial charge in [-0.3, -0.25) is 9.69 Å². The molecule has 24 heavy (non-hydrogen) atoms. The monoisotopic (exact) mass is 366 g/mol. The van der Waals surface area contributed by atoms with E-state index in [4.69, 9.17) is 27.9 Å². The van der Waals surface area contributed by atoms with Crippen LogP contribution in [-0.4, -0.2) is 31.0 Å². The van der Waals surface area contributed by atoms with Gasteiger partial charge in [0.15, 0.2) is 0 Å². The molecule has 0 aromatic heterocycles. The maximum absolute atomic E-state index is 12.5. The summed E-state index contributed by atoms with van der Waals surface area (Å²) in [5.41, 5.74) is 1.64. The molecule has 0 aliphatic carbocycles. The van der Waals surface area contributed by atoms with Crippen molar-refractivity contribution in [1.82, 2.24) is 4.90 Å². The van der Waals surface area contributed by atoms with Crippen LogP contribution in [-0.2, 0) is 11.3 Å². The van der Waals surface area contributed by atoms with Gasteiger partial charge in [0.2, 0.25) is 5.91 Å². The van der Waals surface area contributed by atoms with E-state index in [1.165, 1.54) is 0 Å². The molecular weight excluding hydrogens is 347 g/mol. The molecule has 1 N–H and O–H groups in total. The van der Waals surface area contributed by atoms with Crippen LogP contribution in [0.15, 0.2) is 42.5 Å². The fraction of sp³-hybridized carbons (Fsp3) is 0.278. The second-order valence-electron chi connectivity index (χ2n) is 5.55. The fourth-order valence-corrected chi connectivity index (χ4v) is 2.53.